The first-order valence-electron chi connectivity index (χ1n) is 18.9. The van der Waals surface area contributed by atoms with Crippen molar-refractivity contribution in [1.29, 1.82) is 0 Å². The third-order valence-corrected chi connectivity index (χ3v) is 11.5. The first kappa shape index (κ1) is 44.3. The van der Waals surface area contributed by atoms with Gasteiger partial charge < -0.3 is 53.8 Å². The lowest BCUT2D eigenvalue weighted by Crippen LogP contribution is -2.65. The SMILES string of the molecule is CC[C@H]1OC(=O)C[C@@H](O)[C@H](C)[C@@H](O[C@@H]2O[C@@H](C)C(O[C@H]3CC(C)(O)C(C)[C@@H](C)O3)C(N(C)C)C2O)[C@@H](CC=O)C[C@@H](C)C(=O)/C=C/C(C)=C/[C@@H]1CO. The Balaban J connectivity index is 1.96. The summed E-state index contributed by atoms with van der Waals surface area (Å²) >= 11 is 0. The van der Waals surface area contributed by atoms with Crippen LogP contribution in [0.3, 0.4) is 0 Å². The zero-order chi connectivity index (χ0) is 39.1. The molecule has 16 atom stereocenters. The van der Waals surface area contributed by atoms with Gasteiger partial charge in [-0.05, 0) is 66.6 Å². The molecule has 0 saturated carbocycles. The van der Waals surface area contributed by atoms with E-state index in [1.165, 1.54) is 6.08 Å². The molecular formula is C39H65NO12. The average molecular weight is 740 g/mol. The quantitative estimate of drug-likeness (QED) is 0.200. The first-order valence-corrected chi connectivity index (χ1v) is 18.9. The average Bonchev–Trinajstić information content (AvgIpc) is 3.07. The minimum atomic E-state index is -1.28. The van der Waals surface area contributed by atoms with Gasteiger partial charge in [0, 0.05) is 36.5 Å². The van der Waals surface area contributed by atoms with Crippen molar-refractivity contribution in [2.24, 2.45) is 29.6 Å². The van der Waals surface area contributed by atoms with Gasteiger partial charge in [0.2, 0.25) is 0 Å². The highest BCUT2D eigenvalue weighted by Crippen LogP contribution is 2.38. The maximum absolute atomic E-state index is 13.3. The van der Waals surface area contributed by atoms with E-state index in [-0.39, 0.29) is 50.1 Å². The van der Waals surface area contributed by atoms with Crippen LogP contribution in [0.4, 0.5) is 0 Å². The molecule has 0 aromatic rings. The van der Waals surface area contributed by atoms with E-state index in [4.69, 9.17) is 23.7 Å². The number of hydrogen-bond donors (Lipinski definition) is 4. The fourth-order valence-electron chi connectivity index (χ4n) is 7.79. The number of carbonyl (C=O) groups excluding carboxylic acids is 3. The molecule has 0 bridgehead atoms. The minimum absolute atomic E-state index is 0.0146. The lowest BCUT2D eigenvalue weighted by molar-refractivity contribution is -0.338. The van der Waals surface area contributed by atoms with Crippen LogP contribution < -0.4 is 0 Å². The number of likely N-dealkylation sites (N-methyl/N-ethyl adjacent to an activating group) is 1. The normalized spacial score (nSPS) is 44.8. The number of nitrogens with zero attached hydrogens (tertiary/aromatic N) is 1. The van der Waals surface area contributed by atoms with Gasteiger partial charge in [0.25, 0.3) is 0 Å². The fourth-order valence-corrected chi connectivity index (χ4v) is 7.79. The Hall–Kier alpha value is -2.07. The highest BCUT2D eigenvalue weighted by molar-refractivity contribution is 5.91. The van der Waals surface area contributed by atoms with Gasteiger partial charge in [-0.3, -0.25) is 9.59 Å². The first-order chi connectivity index (χ1) is 24.3. The molecule has 3 heterocycles. The van der Waals surface area contributed by atoms with E-state index in [1.807, 2.05) is 20.8 Å². The van der Waals surface area contributed by atoms with Crippen LogP contribution in [0, 0.1) is 29.6 Å². The molecule has 3 aliphatic heterocycles. The predicted molar refractivity (Wildman–Crippen MR) is 193 cm³/mol. The summed E-state index contributed by atoms with van der Waals surface area (Å²) in [7, 11) is 3.59. The number of ether oxygens (including phenoxy) is 5. The molecule has 0 radical (unpaired) electrons. The van der Waals surface area contributed by atoms with Gasteiger partial charge >= 0.3 is 5.97 Å². The van der Waals surface area contributed by atoms with Gasteiger partial charge in [0.1, 0.15) is 24.6 Å². The smallest absolute Gasteiger partial charge is 0.308 e. The summed E-state index contributed by atoms with van der Waals surface area (Å²) in [6, 6.07) is -0.657. The summed E-state index contributed by atoms with van der Waals surface area (Å²) in [5.74, 6) is -3.39. The van der Waals surface area contributed by atoms with Crippen LogP contribution in [0.1, 0.15) is 87.5 Å². The Morgan fingerprint density at radius 2 is 1.69 bits per heavy atom. The number of ketones is 1. The third-order valence-electron chi connectivity index (χ3n) is 11.5. The molecule has 3 rings (SSSR count). The maximum atomic E-state index is 13.3. The molecule has 3 aliphatic rings. The Bertz CT molecular complexity index is 1240. The molecule has 298 valence electrons. The van der Waals surface area contributed by atoms with Crippen LogP contribution in [0.25, 0.3) is 0 Å². The van der Waals surface area contributed by atoms with Gasteiger partial charge in [0.05, 0.1) is 49.1 Å². The van der Waals surface area contributed by atoms with Gasteiger partial charge in [-0.15, -0.1) is 0 Å². The van der Waals surface area contributed by atoms with E-state index in [0.29, 0.717) is 12.0 Å². The molecule has 52 heavy (non-hydrogen) atoms. The zero-order valence-corrected chi connectivity index (χ0v) is 32.7. The Kier molecular flexibility index (Phi) is 16.6. The second-order valence-corrected chi connectivity index (χ2v) is 15.8. The zero-order valence-electron chi connectivity index (χ0n) is 32.7. The molecule has 0 spiro atoms. The summed E-state index contributed by atoms with van der Waals surface area (Å²) in [5.41, 5.74) is -0.317. The number of aliphatic hydroxyl groups is 4. The van der Waals surface area contributed by atoms with Crippen LogP contribution in [-0.2, 0) is 38.1 Å². The summed E-state index contributed by atoms with van der Waals surface area (Å²) in [5, 5.41) is 44.5. The Labute approximate surface area is 309 Å². The van der Waals surface area contributed by atoms with Gasteiger partial charge in [-0.25, -0.2) is 0 Å². The van der Waals surface area contributed by atoms with Gasteiger partial charge in [0.15, 0.2) is 18.4 Å². The van der Waals surface area contributed by atoms with Crippen molar-refractivity contribution >= 4 is 18.0 Å². The summed E-state index contributed by atoms with van der Waals surface area (Å²) < 4.78 is 31.2. The van der Waals surface area contributed by atoms with E-state index in [9.17, 15) is 34.8 Å². The molecule has 5 unspecified atom stereocenters. The van der Waals surface area contributed by atoms with E-state index < -0.39 is 90.5 Å². The van der Waals surface area contributed by atoms with E-state index >= 15 is 0 Å². The molecular weight excluding hydrogens is 674 g/mol. The molecule has 13 heteroatoms. The Morgan fingerprint density at radius 3 is 2.27 bits per heavy atom. The standard InChI is InChI=1S/C39H65NO12/c1-11-31-28(20-42)16-21(2)12-13-29(43)22(3)17-27(14-15-41)36(23(4)30(44)18-32(45)50-31)52-38-35(46)34(40(9)10)37(26(7)49-38)51-33-19-39(8,47)24(5)25(6)48-33/h12-13,15-16,22-28,30-31,33-38,42,44,46-47H,11,14,17-20H2,1-10H3/b13-12+,21-16+/t22-,23+,24?,25-,26+,27+,28-,30-,31-,33+,34?,35?,36-,37?,38+,39?/m1/s1. The largest absolute Gasteiger partial charge is 0.462 e. The van der Waals surface area contributed by atoms with Crippen molar-refractivity contribution in [2.75, 3.05) is 20.7 Å². The van der Waals surface area contributed by atoms with Crippen molar-refractivity contribution < 1.29 is 58.5 Å². The molecule has 0 aromatic carbocycles. The third kappa shape index (κ3) is 11.2. The number of aldehydes is 1. The topological polar surface area (TPSA) is 182 Å². The van der Waals surface area contributed by atoms with E-state index in [2.05, 4.69) is 0 Å². The van der Waals surface area contributed by atoms with Crippen molar-refractivity contribution in [1.82, 2.24) is 4.90 Å². The highest BCUT2D eigenvalue weighted by atomic mass is 16.7. The van der Waals surface area contributed by atoms with Crippen LogP contribution in [-0.4, -0.2) is 131 Å². The van der Waals surface area contributed by atoms with Crippen LogP contribution in [0.5, 0.6) is 0 Å². The number of esters is 1. The summed E-state index contributed by atoms with van der Waals surface area (Å²) in [6.45, 7) is 14.2. The lowest BCUT2D eigenvalue weighted by Gasteiger charge is -2.50. The fraction of sp³-hybridized carbons (Fsp3) is 0.821. The van der Waals surface area contributed by atoms with Crippen molar-refractivity contribution in [2.45, 2.75) is 154 Å². The van der Waals surface area contributed by atoms with Crippen molar-refractivity contribution in [3.63, 3.8) is 0 Å². The summed E-state index contributed by atoms with van der Waals surface area (Å²) in [6.07, 6.45) is -1.69. The van der Waals surface area contributed by atoms with Gasteiger partial charge in [-0.1, -0.05) is 45.4 Å². The van der Waals surface area contributed by atoms with E-state index in [0.717, 1.165) is 6.29 Å². The lowest BCUT2D eigenvalue weighted by atomic mass is 9.79. The number of cyclic esters (lactones) is 1. The number of allylic oxidation sites excluding steroid dienone is 3. The van der Waals surface area contributed by atoms with Gasteiger partial charge in [-0.2, -0.15) is 0 Å². The number of hydrogen-bond acceptors (Lipinski definition) is 13. The number of carbonyl (C=O) groups is 3. The van der Waals surface area contributed by atoms with Crippen molar-refractivity contribution in [3.05, 3.63) is 23.8 Å². The molecule has 0 amide bonds. The van der Waals surface area contributed by atoms with E-state index in [1.54, 1.807) is 65.8 Å². The second kappa shape index (κ2) is 19.5. The monoisotopic (exact) mass is 739 g/mol. The number of aliphatic hydroxyl groups excluding tert-OH is 3. The maximum Gasteiger partial charge on any atom is 0.308 e. The molecule has 0 aromatic heterocycles. The molecule has 2 fully saturated rings. The van der Waals surface area contributed by atoms with Crippen molar-refractivity contribution in [3.8, 4) is 0 Å². The minimum Gasteiger partial charge on any atom is -0.462 e. The predicted octanol–water partition coefficient (Wildman–Crippen LogP) is 2.95. The van der Waals surface area contributed by atoms with Crippen LogP contribution >= 0.6 is 0 Å². The molecule has 2 saturated heterocycles. The Morgan fingerprint density at radius 1 is 1.02 bits per heavy atom. The second-order valence-electron chi connectivity index (χ2n) is 15.8. The highest BCUT2D eigenvalue weighted by Gasteiger charge is 2.51. The summed E-state index contributed by atoms with van der Waals surface area (Å²) in [4.78, 5) is 40.4. The number of rotatable bonds is 9. The molecule has 0 aliphatic carbocycles. The molecule has 13 nitrogen and oxygen atoms in total. The molecule has 4 N–H and O–H groups in total. The van der Waals surface area contributed by atoms with Crippen LogP contribution in [0.15, 0.2) is 23.8 Å². The van der Waals surface area contributed by atoms with Crippen LogP contribution in [0.2, 0.25) is 0 Å².